The number of alkyl halides is 3. The molecule has 1 saturated carbocycles. The molecule has 0 bridgehead atoms. The Labute approximate surface area is 265 Å². The third-order valence-corrected chi connectivity index (χ3v) is 8.05. The van der Waals surface area contributed by atoms with Gasteiger partial charge in [0, 0.05) is 36.3 Å². The van der Waals surface area contributed by atoms with Gasteiger partial charge in [0.15, 0.2) is 0 Å². The molecule has 0 radical (unpaired) electrons. The van der Waals surface area contributed by atoms with Gasteiger partial charge >= 0.3 is 6.18 Å². The summed E-state index contributed by atoms with van der Waals surface area (Å²) >= 11 is 0. The van der Waals surface area contributed by atoms with E-state index in [1.165, 1.54) is 0 Å². The van der Waals surface area contributed by atoms with Gasteiger partial charge in [-0.15, -0.1) is 6.58 Å². The van der Waals surface area contributed by atoms with Gasteiger partial charge in [-0.25, -0.2) is 0 Å². The van der Waals surface area contributed by atoms with Crippen molar-refractivity contribution in [3.05, 3.63) is 97.4 Å². The second-order valence-electron chi connectivity index (χ2n) is 11.6. The number of aliphatic imine (C=N–C) groups is 1. The van der Waals surface area contributed by atoms with Crippen LogP contribution in [0.3, 0.4) is 0 Å². The molecule has 1 aliphatic carbocycles. The minimum absolute atomic E-state index is 0.0625. The number of hydrogen-bond acceptors (Lipinski definition) is 6. The molecule has 45 heavy (non-hydrogen) atoms. The molecule has 1 fully saturated rings. The number of anilines is 1. The van der Waals surface area contributed by atoms with Crippen LogP contribution in [0, 0.1) is 24.2 Å². The third kappa shape index (κ3) is 11.2. The molecule has 3 rings (SSSR count). The number of aliphatic hydroxyl groups excluding tert-OH is 1. The lowest BCUT2D eigenvalue weighted by atomic mass is 9.82. The van der Waals surface area contributed by atoms with Crippen molar-refractivity contribution in [3.8, 4) is 5.75 Å². The summed E-state index contributed by atoms with van der Waals surface area (Å²) in [6.07, 6.45) is 6.67. The largest absolute Gasteiger partial charge is 0.490 e. The summed E-state index contributed by atoms with van der Waals surface area (Å²) in [7, 11) is 0. The molecule has 0 saturated heterocycles. The van der Waals surface area contributed by atoms with Crippen LogP contribution in [0.15, 0.2) is 91.1 Å². The Morgan fingerprint density at radius 3 is 2.58 bits per heavy atom. The number of hydrogen-bond donors (Lipinski definition) is 3. The number of rotatable bonds is 16. The second-order valence-corrected chi connectivity index (χ2v) is 11.6. The molecule has 9 heteroatoms. The van der Waals surface area contributed by atoms with Crippen LogP contribution in [0.5, 0.6) is 5.75 Å². The number of aromatic nitrogens is 1. The molecule has 242 valence electrons. The fraction of sp³-hybridized carbons (Fsp3) is 0.417. The van der Waals surface area contributed by atoms with Gasteiger partial charge in [-0.2, -0.15) is 13.2 Å². The Bertz CT molecular complexity index is 1360. The zero-order valence-electron chi connectivity index (χ0n) is 26.2. The van der Waals surface area contributed by atoms with E-state index in [-0.39, 0.29) is 36.1 Å². The quantitative estimate of drug-likeness (QED) is 0.0991. The molecular weight excluding hydrogens is 577 g/mol. The van der Waals surface area contributed by atoms with Crippen LogP contribution in [-0.2, 0) is 6.42 Å². The zero-order valence-corrected chi connectivity index (χ0v) is 26.2. The van der Waals surface area contributed by atoms with E-state index in [1.54, 1.807) is 18.5 Å². The maximum atomic E-state index is 12.6. The maximum absolute atomic E-state index is 12.6. The second kappa shape index (κ2) is 16.9. The molecule has 3 N–H and O–H groups in total. The molecule has 1 heterocycles. The highest BCUT2D eigenvalue weighted by Crippen LogP contribution is 2.37. The maximum Gasteiger partial charge on any atom is 0.414 e. The minimum Gasteiger partial charge on any atom is -0.490 e. The number of pyridine rings is 1. The number of benzene rings is 1. The lowest BCUT2D eigenvalue weighted by Crippen LogP contribution is -2.31. The van der Waals surface area contributed by atoms with Gasteiger partial charge in [0.25, 0.3) is 0 Å². The zero-order chi connectivity index (χ0) is 33.0. The van der Waals surface area contributed by atoms with E-state index in [2.05, 4.69) is 48.0 Å². The van der Waals surface area contributed by atoms with Crippen LogP contribution < -0.4 is 10.1 Å². The fourth-order valence-electron chi connectivity index (χ4n) is 5.32. The predicted octanol–water partition coefficient (Wildman–Crippen LogP) is 8.90. The van der Waals surface area contributed by atoms with E-state index in [4.69, 9.17) is 10.1 Å². The van der Waals surface area contributed by atoms with Gasteiger partial charge in [0.2, 0.25) is 0 Å². The average molecular weight is 623 g/mol. The van der Waals surface area contributed by atoms with Gasteiger partial charge in [-0.05, 0) is 86.6 Å². The predicted molar refractivity (Wildman–Crippen MR) is 178 cm³/mol. The average Bonchev–Trinajstić information content (AvgIpc) is 3.01. The van der Waals surface area contributed by atoms with Crippen LogP contribution in [0.1, 0.15) is 56.7 Å². The highest BCUT2D eigenvalue weighted by Gasteiger charge is 2.38. The lowest BCUT2D eigenvalue weighted by molar-refractivity contribution is -0.204. The van der Waals surface area contributed by atoms with Crippen molar-refractivity contribution >= 4 is 23.3 Å². The molecule has 1 aliphatic rings. The number of ether oxygens (including phenoxy) is 1. The van der Waals surface area contributed by atoms with E-state index >= 15 is 0 Å². The molecule has 1 aromatic heterocycles. The molecule has 2 aromatic rings. The highest BCUT2D eigenvalue weighted by atomic mass is 19.4. The summed E-state index contributed by atoms with van der Waals surface area (Å²) < 4.78 is 44.4. The smallest absolute Gasteiger partial charge is 0.414 e. The Balaban J connectivity index is 1.71. The Morgan fingerprint density at radius 2 is 1.96 bits per heavy atom. The number of aryl methyl sites for hydroxylation is 1. The van der Waals surface area contributed by atoms with Crippen LogP contribution in [0.25, 0.3) is 0 Å². The van der Waals surface area contributed by atoms with Crippen molar-refractivity contribution in [1.29, 1.82) is 5.41 Å². The molecule has 6 nitrogen and oxygen atoms in total. The Morgan fingerprint density at radius 1 is 1.22 bits per heavy atom. The summed E-state index contributed by atoms with van der Waals surface area (Å²) in [6, 6.07) is 9.58. The normalized spacial score (nSPS) is 19.2. The molecular formula is C36H45F3N4O2. The summed E-state index contributed by atoms with van der Waals surface area (Å²) in [5, 5.41) is 21.2. The van der Waals surface area contributed by atoms with Gasteiger partial charge in [-0.1, -0.05) is 50.5 Å². The molecule has 0 spiro atoms. The minimum atomic E-state index is -4.65. The molecule has 0 aliphatic heterocycles. The van der Waals surface area contributed by atoms with E-state index < -0.39 is 18.7 Å². The first-order valence-electron chi connectivity index (χ1n) is 15.3. The summed E-state index contributed by atoms with van der Waals surface area (Å²) in [5.74, 6) is 0.668. The van der Waals surface area contributed by atoms with E-state index in [0.29, 0.717) is 37.9 Å². The van der Waals surface area contributed by atoms with Crippen molar-refractivity contribution in [2.75, 3.05) is 5.32 Å². The van der Waals surface area contributed by atoms with Gasteiger partial charge in [0.1, 0.15) is 11.9 Å². The number of nitrogens with zero attached hydrogens (tertiary/aromatic N) is 2. The van der Waals surface area contributed by atoms with Crippen LogP contribution >= 0.6 is 0 Å². The van der Waals surface area contributed by atoms with Crippen molar-refractivity contribution in [2.24, 2.45) is 16.8 Å². The van der Waals surface area contributed by atoms with E-state index in [0.717, 1.165) is 28.2 Å². The van der Waals surface area contributed by atoms with Crippen molar-refractivity contribution < 1.29 is 23.0 Å². The molecule has 3 atom stereocenters. The third-order valence-electron chi connectivity index (χ3n) is 8.05. The van der Waals surface area contributed by atoms with Crippen molar-refractivity contribution in [2.45, 2.75) is 83.2 Å². The first-order valence-corrected chi connectivity index (χ1v) is 15.3. The van der Waals surface area contributed by atoms with E-state index in [9.17, 15) is 18.3 Å². The first-order chi connectivity index (χ1) is 21.4. The Hall–Kier alpha value is -3.98. The van der Waals surface area contributed by atoms with Crippen molar-refractivity contribution in [3.63, 3.8) is 0 Å². The monoisotopic (exact) mass is 622 g/mol. The van der Waals surface area contributed by atoms with Gasteiger partial charge in [0.05, 0.1) is 23.5 Å². The van der Waals surface area contributed by atoms with Gasteiger partial charge < -0.3 is 20.6 Å². The lowest BCUT2D eigenvalue weighted by Gasteiger charge is -2.30. The Kier molecular flexibility index (Phi) is 13.3. The van der Waals surface area contributed by atoms with Gasteiger partial charge in [-0.3, -0.25) is 9.98 Å². The van der Waals surface area contributed by atoms with Crippen LogP contribution in [-0.4, -0.2) is 46.4 Å². The number of nitrogens with one attached hydrogen (secondary N) is 2. The number of allylic oxidation sites excluding steroid dienone is 3. The molecule has 2 unspecified atom stereocenters. The standard InChI is InChI=1S/C36H45F3N4O2/c1-6-19-42-35-26(5)22-30(45-29-14-12-27(13-15-29)31(40)16-18-34(44)36(37,38)39)23-33(35)43-32(25(4)7-2)17-11-24(3)21-28-10-8-9-20-41-28/h6-11,17,19-20,22-23,25,27,29,32,34,40,43-44H,1-3,12-16,18,21H2,4-5H3/b17-11-,40-31?,42-19?/t25?,27?,29?,32?,34-/m1/s1. The van der Waals surface area contributed by atoms with E-state index in [1.807, 2.05) is 49.4 Å². The SMILES string of the molecule is C=CC=Nc1c(C)cc(OC2CCC(C(=N)CC[C@@H](O)C(F)(F)F)CC2)cc1NC(/C=C\C(=C)Cc1ccccn1)C(C)C=C. The molecule has 0 amide bonds. The fourth-order valence-corrected chi connectivity index (χ4v) is 5.32. The summed E-state index contributed by atoms with van der Waals surface area (Å²) in [4.78, 5) is 9.01. The summed E-state index contributed by atoms with van der Waals surface area (Å²) in [5.41, 5.74) is 4.61. The summed E-state index contributed by atoms with van der Waals surface area (Å²) in [6.45, 7) is 16.0. The first kappa shape index (κ1) is 35.5. The topological polar surface area (TPSA) is 90.6 Å². The highest BCUT2D eigenvalue weighted by molar-refractivity contribution is 5.84. The van der Waals surface area contributed by atoms with Crippen LogP contribution in [0.2, 0.25) is 0 Å². The van der Waals surface area contributed by atoms with Crippen LogP contribution in [0.4, 0.5) is 24.5 Å². The number of halogens is 3. The van der Waals surface area contributed by atoms with Crippen molar-refractivity contribution in [1.82, 2.24) is 4.98 Å². The number of aliphatic hydroxyl groups is 1. The molecule has 1 aromatic carbocycles.